The normalized spacial score (nSPS) is 22.9. The first-order chi connectivity index (χ1) is 7.56. The van der Waals surface area contributed by atoms with Crippen LogP contribution in [0.1, 0.15) is 19.3 Å². The largest absolute Gasteiger partial charge is 0.338 e. The highest BCUT2D eigenvalue weighted by Gasteiger charge is 2.31. The van der Waals surface area contributed by atoms with Gasteiger partial charge in [0.1, 0.15) is 0 Å². The fourth-order valence-corrected chi connectivity index (χ4v) is 3.43. The molecule has 1 saturated heterocycles. The SMILES string of the molecule is NCCCNC(=O)NCC1CCCS1(=O)=O. The fraction of sp³-hybridized carbons (Fsp3) is 0.889. The van der Waals surface area contributed by atoms with Crippen LogP contribution in [0.15, 0.2) is 0 Å². The van der Waals surface area contributed by atoms with Gasteiger partial charge in [-0.25, -0.2) is 13.2 Å². The van der Waals surface area contributed by atoms with Gasteiger partial charge in [0.05, 0.1) is 11.0 Å². The highest BCUT2D eigenvalue weighted by Crippen LogP contribution is 2.18. The van der Waals surface area contributed by atoms with Gasteiger partial charge in [-0.2, -0.15) is 0 Å². The predicted molar refractivity (Wildman–Crippen MR) is 61.9 cm³/mol. The smallest absolute Gasteiger partial charge is 0.314 e. The van der Waals surface area contributed by atoms with Gasteiger partial charge in [0.15, 0.2) is 9.84 Å². The maximum atomic E-state index is 11.4. The van der Waals surface area contributed by atoms with Gasteiger partial charge in [-0.3, -0.25) is 0 Å². The molecule has 0 radical (unpaired) electrons. The Labute approximate surface area is 95.9 Å². The molecular weight excluding hydrogens is 230 g/mol. The van der Waals surface area contributed by atoms with Gasteiger partial charge in [-0.05, 0) is 25.8 Å². The quantitative estimate of drug-likeness (QED) is 0.556. The number of urea groups is 1. The van der Waals surface area contributed by atoms with Gasteiger partial charge in [0.2, 0.25) is 0 Å². The van der Waals surface area contributed by atoms with E-state index in [0.717, 1.165) is 6.42 Å². The van der Waals surface area contributed by atoms with Crippen LogP contribution in [0.2, 0.25) is 0 Å². The number of sulfone groups is 1. The van der Waals surface area contributed by atoms with E-state index in [0.29, 0.717) is 25.9 Å². The Bertz CT molecular complexity index is 329. The molecule has 1 fully saturated rings. The van der Waals surface area contributed by atoms with E-state index in [-0.39, 0.29) is 18.3 Å². The van der Waals surface area contributed by atoms with Gasteiger partial charge < -0.3 is 16.4 Å². The van der Waals surface area contributed by atoms with Gasteiger partial charge in [0, 0.05) is 13.1 Å². The van der Waals surface area contributed by atoms with E-state index in [1.165, 1.54) is 0 Å². The lowest BCUT2D eigenvalue weighted by Crippen LogP contribution is -2.41. The number of hydrogen-bond donors (Lipinski definition) is 3. The minimum Gasteiger partial charge on any atom is -0.338 e. The molecule has 0 aliphatic carbocycles. The van der Waals surface area contributed by atoms with Crippen molar-refractivity contribution < 1.29 is 13.2 Å². The molecule has 0 saturated carbocycles. The molecule has 0 aromatic heterocycles. The van der Waals surface area contributed by atoms with E-state index in [1.54, 1.807) is 0 Å². The maximum Gasteiger partial charge on any atom is 0.314 e. The summed E-state index contributed by atoms with van der Waals surface area (Å²) in [4.78, 5) is 11.2. The van der Waals surface area contributed by atoms with Crippen LogP contribution in [0, 0.1) is 0 Å². The van der Waals surface area contributed by atoms with Crippen LogP contribution in [-0.2, 0) is 9.84 Å². The Kier molecular flexibility index (Phi) is 5.01. The van der Waals surface area contributed by atoms with Gasteiger partial charge in [-0.1, -0.05) is 0 Å². The summed E-state index contributed by atoms with van der Waals surface area (Å²) < 4.78 is 22.9. The number of nitrogens with one attached hydrogen (secondary N) is 2. The minimum atomic E-state index is -2.97. The first-order valence-corrected chi connectivity index (χ1v) is 7.21. The summed E-state index contributed by atoms with van der Waals surface area (Å²) in [6.45, 7) is 1.24. The van der Waals surface area contributed by atoms with Crippen LogP contribution < -0.4 is 16.4 Å². The zero-order valence-electron chi connectivity index (χ0n) is 9.24. The van der Waals surface area contributed by atoms with Crippen molar-refractivity contribution in [2.75, 3.05) is 25.4 Å². The fourth-order valence-electron chi connectivity index (χ4n) is 1.66. The third-order valence-electron chi connectivity index (χ3n) is 2.62. The van der Waals surface area contributed by atoms with Crippen LogP contribution in [0.3, 0.4) is 0 Å². The molecule has 1 unspecified atom stereocenters. The summed E-state index contributed by atoms with van der Waals surface area (Å²) in [6, 6.07) is -0.324. The van der Waals surface area contributed by atoms with Crippen LogP contribution in [0.4, 0.5) is 4.79 Å². The topological polar surface area (TPSA) is 101 Å². The summed E-state index contributed by atoms with van der Waals surface area (Å²) in [6.07, 6.45) is 2.06. The molecule has 0 spiro atoms. The molecule has 0 aromatic carbocycles. The summed E-state index contributed by atoms with van der Waals surface area (Å²) in [5, 5.41) is 4.77. The number of nitrogens with two attached hydrogens (primary N) is 1. The second-order valence-electron chi connectivity index (χ2n) is 3.91. The minimum absolute atomic E-state index is 0.205. The van der Waals surface area contributed by atoms with Crippen molar-refractivity contribution in [3.8, 4) is 0 Å². The Morgan fingerprint density at radius 2 is 2.12 bits per heavy atom. The first kappa shape index (κ1) is 13.2. The summed E-state index contributed by atoms with van der Waals surface area (Å²) >= 11 is 0. The molecule has 2 amide bonds. The lowest BCUT2D eigenvalue weighted by atomic mass is 10.2. The summed E-state index contributed by atoms with van der Waals surface area (Å²) in [5.41, 5.74) is 5.27. The maximum absolute atomic E-state index is 11.4. The molecule has 6 nitrogen and oxygen atoms in total. The monoisotopic (exact) mass is 249 g/mol. The summed E-state index contributed by atoms with van der Waals surface area (Å²) in [5.74, 6) is 0.244. The van der Waals surface area contributed by atoms with Crippen molar-refractivity contribution in [3.63, 3.8) is 0 Å². The Balaban J connectivity index is 2.21. The average Bonchev–Trinajstić information content (AvgIpc) is 2.55. The second-order valence-corrected chi connectivity index (χ2v) is 6.31. The van der Waals surface area contributed by atoms with Gasteiger partial charge in [0.25, 0.3) is 0 Å². The Hall–Kier alpha value is -0.820. The van der Waals surface area contributed by atoms with Crippen LogP contribution >= 0.6 is 0 Å². The molecule has 1 atom stereocenters. The third-order valence-corrected chi connectivity index (χ3v) is 4.90. The van der Waals surface area contributed by atoms with E-state index in [4.69, 9.17) is 5.73 Å². The Morgan fingerprint density at radius 1 is 1.38 bits per heavy atom. The van der Waals surface area contributed by atoms with E-state index in [9.17, 15) is 13.2 Å². The lowest BCUT2D eigenvalue weighted by molar-refractivity contribution is 0.241. The second kappa shape index (κ2) is 6.05. The molecule has 94 valence electrons. The molecule has 1 aliphatic rings. The number of carbonyl (C=O) groups excluding carboxylic acids is 1. The van der Waals surface area contributed by atoms with Crippen LogP contribution in [-0.4, -0.2) is 45.1 Å². The van der Waals surface area contributed by atoms with Crippen molar-refractivity contribution in [1.29, 1.82) is 0 Å². The zero-order valence-corrected chi connectivity index (χ0v) is 10.1. The van der Waals surface area contributed by atoms with Gasteiger partial charge in [-0.15, -0.1) is 0 Å². The molecule has 4 N–H and O–H groups in total. The standard InChI is InChI=1S/C9H19N3O3S/c10-4-2-5-11-9(13)12-7-8-3-1-6-16(8,14)15/h8H,1-7,10H2,(H2,11,12,13). The van der Waals surface area contributed by atoms with Crippen molar-refractivity contribution in [1.82, 2.24) is 10.6 Å². The van der Waals surface area contributed by atoms with Crippen LogP contribution in [0.25, 0.3) is 0 Å². The molecule has 1 rings (SSSR count). The van der Waals surface area contributed by atoms with Crippen molar-refractivity contribution in [3.05, 3.63) is 0 Å². The number of hydrogen-bond acceptors (Lipinski definition) is 4. The highest BCUT2D eigenvalue weighted by atomic mass is 32.2. The molecule has 16 heavy (non-hydrogen) atoms. The zero-order chi connectivity index (χ0) is 12.0. The van der Waals surface area contributed by atoms with Gasteiger partial charge >= 0.3 is 6.03 Å². The molecule has 1 aliphatic heterocycles. The molecule has 1 heterocycles. The van der Waals surface area contributed by atoms with E-state index >= 15 is 0 Å². The average molecular weight is 249 g/mol. The van der Waals surface area contributed by atoms with E-state index in [1.807, 2.05) is 0 Å². The van der Waals surface area contributed by atoms with Crippen molar-refractivity contribution >= 4 is 15.9 Å². The van der Waals surface area contributed by atoms with Crippen LogP contribution in [0.5, 0.6) is 0 Å². The number of carbonyl (C=O) groups is 1. The van der Waals surface area contributed by atoms with E-state index in [2.05, 4.69) is 10.6 Å². The molecular formula is C9H19N3O3S. The third kappa shape index (κ3) is 3.97. The first-order valence-electron chi connectivity index (χ1n) is 5.49. The summed E-state index contributed by atoms with van der Waals surface area (Å²) in [7, 11) is -2.97. The molecule has 0 bridgehead atoms. The molecule has 0 aromatic rings. The highest BCUT2D eigenvalue weighted by molar-refractivity contribution is 7.92. The Morgan fingerprint density at radius 3 is 2.69 bits per heavy atom. The lowest BCUT2D eigenvalue weighted by Gasteiger charge is -2.11. The number of rotatable bonds is 5. The van der Waals surface area contributed by atoms with E-state index < -0.39 is 15.1 Å². The predicted octanol–water partition coefficient (Wildman–Crippen LogP) is -0.788. The van der Waals surface area contributed by atoms with Crippen molar-refractivity contribution in [2.24, 2.45) is 5.73 Å². The number of amides is 2. The van der Waals surface area contributed by atoms with Crippen molar-refractivity contribution in [2.45, 2.75) is 24.5 Å². The molecule has 7 heteroatoms.